The smallest absolute Gasteiger partial charge is 0.185 e. The zero-order chi connectivity index (χ0) is 10.0. The lowest BCUT2D eigenvalue weighted by molar-refractivity contribution is 0.108. The Balaban J connectivity index is 3.26. The molecular formula is C10H14OP2. The highest BCUT2D eigenvalue weighted by Crippen LogP contribution is 2.29. The van der Waals surface area contributed by atoms with Gasteiger partial charge in [-0.25, -0.2) is 0 Å². The molecule has 0 N–H and O–H groups in total. The highest BCUT2D eigenvalue weighted by Gasteiger charge is 2.09. The minimum atomic E-state index is 0.227. The van der Waals surface area contributed by atoms with Crippen molar-refractivity contribution in [1.82, 2.24) is 0 Å². The molecule has 0 fully saturated rings. The molecule has 1 aromatic carbocycles. The van der Waals surface area contributed by atoms with E-state index >= 15 is 0 Å². The van der Waals surface area contributed by atoms with Crippen LogP contribution in [-0.4, -0.2) is 5.52 Å². The Labute approximate surface area is 83.2 Å². The zero-order valence-electron chi connectivity index (χ0n) is 8.14. The van der Waals surface area contributed by atoms with Crippen molar-refractivity contribution in [1.29, 1.82) is 0 Å². The summed E-state index contributed by atoms with van der Waals surface area (Å²) in [5.41, 5.74) is 4.71. The standard InChI is InChI=1S/C10H14OP2/c1-6-4-5-9(10(11)13-12)8(3)7(6)2/h4-5,13H,12H2,1-3H3. The van der Waals surface area contributed by atoms with Gasteiger partial charge in [-0.15, -0.1) is 8.93 Å². The molecule has 0 radical (unpaired) electrons. The lowest BCUT2D eigenvalue weighted by Crippen LogP contribution is -1.97. The highest BCUT2D eigenvalue weighted by atomic mass is 32.0. The van der Waals surface area contributed by atoms with Crippen molar-refractivity contribution < 1.29 is 4.79 Å². The highest BCUT2D eigenvalue weighted by molar-refractivity contribution is 8.11. The number of carbonyl (C=O) groups excluding carboxylic acids is 1. The zero-order valence-corrected chi connectivity index (χ0v) is 10.3. The molecule has 0 spiro atoms. The van der Waals surface area contributed by atoms with Crippen molar-refractivity contribution in [2.24, 2.45) is 0 Å². The summed E-state index contributed by atoms with van der Waals surface area (Å²) in [5.74, 6) is 0. The number of rotatable bonds is 2. The van der Waals surface area contributed by atoms with E-state index in [4.69, 9.17) is 0 Å². The first-order valence-corrected chi connectivity index (χ1v) is 6.96. The van der Waals surface area contributed by atoms with Crippen LogP contribution in [0.5, 0.6) is 0 Å². The fourth-order valence-electron chi connectivity index (χ4n) is 1.28. The van der Waals surface area contributed by atoms with E-state index in [1.165, 1.54) is 11.1 Å². The molecule has 3 heteroatoms. The minimum Gasteiger partial charge on any atom is -0.289 e. The number of carbonyl (C=O) groups is 1. The molecule has 1 rings (SSSR count). The van der Waals surface area contributed by atoms with Crippen LogP contribution in [-0.2, 0) is 0 Å². The molecule has 0 heterocycles. The summed E-state index contributed by atoms with van der Waals surface area (Å²) in [4.78, 5) is 11.5. The maximum absolute atomic E-state index is 11.5. The van der Waals surface area contributed by atoms with Gasteiger partial charge in [0.05, 0.1) is 0 Å². The molecule has 0 aliphatic rings. The quantitative estimate of drug-likeness (QED) is 0.688. The molecule has 1 nitrogen and oxygen atoms in total. The van der Waals surface area contributed by atoms with Crippen LogP contribution in [0.2, 0.25) is 0 Å². The van der Waals surface area contributed by atoms with Gasteiger partial charge in [-0.05, 0) is 45.7 Å². The second-order valence-electron chi connectivity index (χ2n) is 3.15. The van der Waals surface area contributed by atoms with Gasteiger partial charge in [0.1, 0.15) is 0 Å². The Kier molecular flexibility index (Phi) is 3.59. The summed E-state index contributed by atoms with van der Waals surface area (Å²) in [5, 5.41) is 0. The van der Waals surface area contributed by atoms with Gasteiger partial charge < -0.3 is 0 Å². The van der Waals surface area contributed by atoms with Crippen molar-refractivity contribution in [2.45, 2.75) is 20.8 Å². The Bertz CT molecular complexity index is 345. The molecule has 0 saturated heterocycles. The van der Waals surface area contributed by atoms with Gasteiger partial charge in [0.25, 0.3) is 0 Å². The van der Waals surface area contributed by atoms with E-state index in [0.717, 1.165) is 11.1 Å². The molecule has 1 aromatic rings. The normalized spacial score (nSPS) is 11.1. The molecule has 0 aromatic heterocycles. The van der Waals surface area contributed by atoms with Crippen molar-refractivity contribution >= 4 is 22.7 Å². The maximum atomic E-state index is 11.5. The average Bonchev–Trinajstić information content (AvgIpc) is 2.13. The van der Waals surface area contributed by atoms with E-state index in [0.29, 0.717) is 0 Å². The van der Waals surface area contributed by atoms with Gasteiger partial charge in [0.15, 0.2) is 5.52 Å². The van der Waals surface area contributed by atoms with E-state index < -0.39 is 0 Å². The van der Waals surface area contributed by atoms with Crippen LogP contribution in [0, 0.1) is 20.8 Å². The van der Waals surface area contributed by atoms with Crippen molar-refractivity contribution in [3.8, 4) is 0 Å². The Morgan fingerprint density at radius 3 is 2.38 bits per heavy atom. The largest absolute Gasteiger partial charge is 0.289 e. The fourth-order valence-corrected chi connectivity index (χ4v) is 2.17. The van der Waals surface area contributed by atoms with E-state index in [9.17, 15) is 4.79 Å². The molecule has 0 saturated carbocycles. The molecule has 0 amide bonds. The molecule has 0 bridgehead atoms. The summed E-state index contributed by atoms with van der Waals surface area (Å²) in [6.07, 6.45) is 0. The summed E-state index contributed by atoms with van der Waals surface area (Å²) >= 11 is 0. The predicted molar refractivity (Wildman–Crippen MR) is 63.0 cm³/mol. The van der Waals surface area contributed by atoms with Gasteiger partial charge in [-0.2, -0.15) is 0 Å². The van der Waals surface area contributed by atoms with Gasteiger partial charge in [-0.1, -0.05) is 12.1 Å². The maximum Gasteiger partial charge on any atom is 0.185 e. The Hall–Kier alpha value is -0.250. The van der Waals surface area contributed by atoms with Crippen LogP contribution in [0.3, 0.4) is 0 Å². The van der Waals surface area contributed by atoms with E-state index in [1.54, 1.807) is 0 Å². The van der Waals surface area contributed by atoms with Crippen LogP contribution >= 0.6 is 17.2 Å². The number of hydrogen-bond acceptors (Lipinski definition) is 1. The second-order valence-corrected chi connectivity index (χ2v) is 4.76. The Morgan fingerprint density at radius 2 is 1.85 bits per heavy atom. The van der Waals surface area contributed by atoms with Gasteiger partial charge in [0, 0.05) is 5.56 Å². The first-order valence-electron chi connectivity index (χ1n) is 4.15. The van der Waals surface area contributed by atoms with Crippen LogP contribution in [0.25, 0.3) is 0 Å². The minimum absolute atomic E-state index is 0.227. The summed E-state index contributed by atoms with van der Waals surface area (Å²) in [6, 6.07) is 3.94. The molecule has 13 heavy (non-hydrogen) atoms. The SMILES string of the molecule is Cc1ccc(C(=O)PP)c(C)c1C. The topological polar surface area (TPSA) is 17.1 Å². The monoisotopic (exact) mass is 212 g/mol. The molecule has 2 atom stereocenters. The molecule has 0 aliphatic carbocycles. The second kappa shape index (κ2) is 4.31. The van der Waals surface area contributed by atoms with E-state index in [-0.39, 0.29) is 13.8 Å². The molecule has 0 aliphatic heterocycles. The van der Waals surface area contributed by atoms with Crippen molar-refractivity contribution in [3.63, 3.8) is 0 Å². The van der Waals surface area contributed by atoms with Gasteiger partial charge in [-0.3, -0.25) is 4.79 Å². The number of hydrogen-bond donors (Lipinski definition) is 0. The van der Waals surface area contributed by atoms with Crippen LogP contribution in [0.15, 0.2) is 12.1 Å². The molecular weight excluding hydrogens is 198 g/mol. The fraction of sp³-hybridized carbons (Fsp3) is 0.300. The lowest BCUT2D eigenvalue weighted by Gasteiger charge is -2.08. The summed E-state index contributed by atoms with van der Waals surface area (Å²) in [7, 11) is 2.77. The number of benzene rings is 1. The van der Waals surface area contributed by atoms with Gasteiger partial charge >= 0.3 is 0 Å². The van der Waals surface area contributed by atoms with Crippen LogP contribution < -0.4 is 0 Å². The molecule has 2 unspecified atom stereocenters. The third-order valence-electron chi connectivity index (χ3n) is 2.43. The number of aryl methyl sites for hydroxylation is 1. The summed E-state index contributed by atoms with van der Waals surface area (Å²) < 4.78 is 0. The van der Waals surface area contributed by atoms with E-state index in [2.05, 4.69) is 22.8 Å². The first kappa shape index (κ1) is 10.8. The predicted octanol–water partition coefficient (Wildman–Crippen LogP) is 3.22. The van der Waals surface area contributed by atoms with Crippen molar-refractivity contribution in [3.05, 3.63) is 34.4 Å². The first-order chi connectivity index (χ1) is 6.07. The van der Waals surface area contributed by atoms with E-state index in [1.807, 2.05) is 19.1 Å². The van der Waals surface area contributed by atoms with Crippen LogP contribution in [0.4, 0.5) is 0 Å². The van der Waals surface area contributed by atoms with Crippen molar-refractivity contribution in [2.75, 3.05) is 0 Å². The average molecular weight is 212 g/mol. The third kappa shape index (κ3) is 2.16. The Morgan fingerprint density at radius 1 is 1.23 bits per heavy atom. The third-order valence-corrected chi connectivity index (χ3v) is 3.75. The lowest BCUT2D eigenvalue weighted by atomic mass is 10.00. The summed E-state index contributed by atoms with van der Waals surface area (Å²) in [6.45, 7) is 6.15. The van der Waals surface area contributed by atoms with Gasteiger partial charge in [0.2, 0.25) is 0 Å². The molecule has 70 valence electrons. The van der Waals surface area contributed by atoms with Crippen LogP contribution in [0.1, 0.15) is 27.0 Å².